The second kappa shape index (κ2) is 4.22. The molecule has 1 aromatic heterocycles. The number of nitrogens with zero attached hydrogens (tertiary/aromatic N) is 1. The van der Waals surface area contributed by atoms with Crippen LogP contribution < -0.4 is 5.32 Å². The molecule has 7 heteroatoms. The summed E-state index contributed by atoms with van der Waals surface area (Å²) in [4.78, 5) is 3.32. The lowest BCUT2D eigenvalue weighted by molar-refractivity contribution is -0.141. The number of aromatic nitrogens is 1. The molecule has 2 nitrogen and oxygen atoms in total. The Morgan fingerprint density at radius 1 is 1.43 bits per heavy atom. The predicted molar refractivity (Wildman–Crippen MR) is 53.2 cm³/mol. The third-order valence-corrected chi connectivity index (χ3v) is 2.05. The van der Waals surface area contributed by atoms with Crippen LogP contribution in [0.15, 0.2) is 16.6 Å². The molecule has 1 radical (unpaired) electrons. The third-order valence-electron chi connectivity index (χ3n) is 1.31. The van der Waals surface area contributed by atoms with Crippen molar-refractivity contribution >= 4 is 39.5 Å². The Hall–Kier alpha value is -0.690. The van der Waals surface area contributed by atoms with E-state index in [1.807, 2.05) is 0 Å². The number of rotatable bonds is 2. The average molecular weight is 284 g/mol. The number of anilines is 1. The molecule has 1 N–H and O–H groups in total. The van der Waals surface area contributed by atoms with Crippen molar-refractivity contribution < 1.29 is 13.2 Å². The summed E-state index contributed by atoms with van der Waals surface area (Å²) in [5.41, 5.74) is 1.10. The van der Waals surface area contributed by atoms with Gasteiger partial charge in [0.2, 0.25) is 0 Å². The predicted octanol–water partition coefficient (Wildman–Crippen LogP) is 3.11. The normalized spacial score (nSPS) is 11.1. The number of thiocarbonyl (C=S) groups is 1. The van der Waals surface area contributed by atoms with Gasteiger partial charge in [0.05, 0.1) is 4.47 Å². The van der Waals surface area contributed by atoms with Crippen molar-refractivity contribution in [2.45, 2.75) is 6.18 Å². The van der Waals surface area contributed by atoms with Crippen LogP contribution in [0, 0.1) is 0 Å². The molecular formula is C7H3BrF3N2S. The van der Waals surface area contributed by atoms with Crippen molar-refractivity contribution in [3.05, 3.63) is 22.3 Å². The van der Waals surface area contributed by atoms with Gasteiger partial charge in [-0.3, -0.25) is 0 Å². The third kappa shape index (κ3) is 2.65. The fraction of sp³-hybridized carbons (Fsp3) is 0.143. The van der Waals surface area contributed by atoms with E-state index in [-0.39, 0.29) is 5.82 Å². The zero-order valence-corrected chi connectivity index (χ0v) is 8.92. The van der Waals surface area contributed by atoms with Crippen LogP contribution in [-0.4, -0.2) is 10.5 Å². The van der Waals surface area contributed by atoms with Crippen LogP contribution in [0.5, 0.6) is 0 Å². The summed E-state index contributed by atoms with van der Waals surface area (Å²) in [5, 5.41) is 2.30. The molecule has 1 aromatic rings. The molecule has 0 aromatic carbocycles. The standard InChI is InChI=1S/C7H3BrF3N2S/c8-4-1-2-5(7(9,10)11)13-6(4)12-3-14/h1-2H,(H,12,13,14). The van der Waals surface area contributed by atoms with Crippen molar-refractivity contribution in [2.75, 3.05) is 5.32 Å². The van der Waals surface area contributed by atoms with Gasteiger partial charge in [0.1, 0.15) is 17.0 Å². The highest BCUT2D eigenvalue weighted by Gasteiger charge is 2.32. The van der Waals surface area contributed by atoms with Gasteiger partial charge in [0.25, 0.3) is 0 Å². The van der Waals surface area contributed by atoms with E-state index in [1.165, 1.54) is 6.07 Å². The lowest BCUT2D eigenvalue weighted by atomic mass is 10.3. The zero-order chi connectivity index (χ0) is 10.8. The summed E-state index contributed by atoms with van der Waals surface area (Å²) in [6.07, 6.45) is -4.46. The second-order valence-corrected chi connectivity index (χ2v) is 3.31. The molecule has 14 heavy (non-hydrogen) atoms. The summed E-state index contributed by atoms with van der Waals surface area (Å²) < 4.78 is 37.0. The van der Waals surface area contributed by atoms with E-state index in [4.69, 9.17) is 0 Å². The van der Waals surface area contributed by atoms with E-state index >= 15 is 0 Å². The maximum atomic E-state index is 12.2. The largest absolute Gasteiger partial charge is 0.433 e. The number of alkyl halides is 3. The first-order valence-electron chi connectivity index (χ1n) is 3.32. The van der Waals surface area contributed by atoms with Crippen LogP contribution in [0.1, 0.15) is 5.69 Å². The van der Waals surface area contributed by atoms with E-state index < -0.39 is 11.9 Å². The second-order valence-electron chi connectivity index (χ2n) is 2.25. The Kier molecular flexibility index (Phi) is 3.43. The van der Waals surface area contributed by atoms with Crippen LogP contribution in [0.2, 0.25) is 0 Å². The van der Waals surface area contributed by atoms with Gasteiger partial charge in [-0.15, -0.1) is 0 Å². The monoisotopic (exact) mass is 283 g/mol. The van der Waals surface area contributed by atoms with Gasteiger partial charge in [-0.05, 0) is 28.1 Å². The Balaban J connectivity index is 3.12. The molecule has 1 rings (SSSR count). The lowest BCUT2D eigenvalue weighted by Gasteiger charge is -2.08. The molecular weight excluding hydrogens is 281 g/mol. The van der Waals surface area contributed by atoms with Crippen molar-refractivity contribution in [3.63, 3.8) is 0 Å². The molecule has 0 amide bonds. The van der Waals surface area contributed by atoms with Gasteiger partial charge in [-0.1, -0.05) is 12.2 Å². The zero-order valence-electron chi connectivity index (χ0n) is 6.52. The molecule has 0 atom stereocenters. The van der Waals surface area contributed by atoms with E-state index in [0.717, 1.165) is 6.07 Å². The number of hydrogen-bond donors (Lipinski definition) is 1. The Morgan fingerprint density at radius 3 is 2.57 bits per heavy atom. The molecule has 0 aliphatic heterocycles. The minimum absolute atomic E-state index is 0.00479. The minimum atomic E-state index is -4.46. The van der Waals surface area contributed by atoms with Crippen molar-refractivity contribution in [1.29, 1.82) is 0 Å². The molecule has 0 spiro atoms. The van der Waals surface area contributed by atoms with Crippen LogP contribution in [0.4, 0.5) is 19.0 Å². The van der Waals surface area contributed by atoms with Crippen LogP contribution in [0.25, 0.3) is 0 Å². The Bertz CT molecular complexity index is 353. The van der Waals surface area contributed by atoms with Crippen LogP contribution >= 0.6 is 28.1 Å². The van der Waals surface area contributed by atoms with E-state index in [0.29, 0.717) is 4.47 Å². The number of nitrogens with one attached hydrogen (secondary N) is 1. The van der Waals surface area contributed by atoms with Gasteiger partial charge < -0.3 is 5.32 Å². The van der Waals surface area contributed by atoms with Crippen molar-refractivity contribution in [2.24, 2.45) is 0 Å². The van der Waals surface area contributed by atoms with E-state index in [1.54, 1.807) is 0 Å². The summed E-state index contributed by atoms with van der Waals surface area (Å²) in [6, 6.07) is 2.11. The molecule has 0 bridgehead atoms. The molecule has 1 heterocycles. The highest BCUT2D eigenvalue weighted by Crippen LogP contribution is 2.30. The van der Waals surface area contributed by atoms with Gasteiger partial charge >= 0.3 is 6.18 Å². The SMILES string of the molecule is FC(F)(F)c1ccc(Br)c(N[C]=S)n1. The molecule has 0 unspecified atom stereocenters. The smallest absolute Gasteiger partial charge is 0.328 e. The minimum Gasteiger partial charge on any atom is -0.328 e. The Morgan fingerprint density at radius 2 is 2.07 bits per heavy atom. The fourth-order valence-electron chi connectivity index (χ4n) is 0.736. The van der Waals surface area contributed by atoms with Crippen LogP contribution in [-0.2, 0) is 6.18 Å². The highest BCUT2D eigenvalue weighted by molar-refractivity contribution is 9.10. The van der Waals surface area contributed by atoms with E-state index in [2.05, 4.69) is 43.9 Å². The Labute approximate surface area is 91.7 Å². The maximum absolute atomic E-state index is 12.2. The first-order valence-corrected chi connectivity index (χ1v) is 4.52. The maximum Gasteiger partial charge on any atom is 0.433 e. The summed E-state index contributed by atoms with van der Waals surface area (Å²) in [7, 11) is 0. The van der Waals surface area contributed by atoms with Crippen molar-refractivity contribution in [1.82, 2.24) is 4.98 Å². The number of halogens is 4. The molecule has 0 aliphatic carbocycles. The molecule has 0 fully saturated rings. The topological polar surface area (TPSA) is 24.9 Å². The lowest BCUT2D eigenvalue weighted by Crippen LogP contribution is -2.09. The average Bonchev–Trinajstić information content (AvgIpc) is 2.07. The quantitative estimate of drug-likeness (QED) is 0.667. The summed E-state index contributed by atoms with van der Waals surface area (Å²) in [6.45, 7) is 0. The van der Waals surface area contributed by atoms with Gasteiger partial charge in [-0.2, -0.15) is 13.2 Å². The first kappa shape index (κ1) is 11.4. The molecule has 0 saturated heterocycles. The van der Waals surface area contributed by atoms with Gasteiger partial charge in [0.15, 0.2) is 0 Å². The number of hydrogen-bond acceptors (Lipinski definition) is 2. The van der Waals surface area contributed by atoms with Crippen LogP contribution in [0.3, 0.4) is 0 Å². The molecule has 75 valence electrons. The summed E-state index contributed by atoms with van der Waals surface area (Å²) in [5.74, 6) is -0.00479. The van der Waals surface area contributed by atoms with Gasteiger partial charge in [0, 0.05) is 0 Å². The fourth-order valence-corrected chi connectivity index (χ4v) is 1.15. The summed E-state index contributed by atoms with van der Waals surface area (Å²) >= 11 is 7.35. The first-order chi connectivity index (χ1) is 6.45. The van der Waals surface area contributed by atoms with E-state index in [9.17, 15) is 13.2 Å². The highest BCUT2D eigenvalue weighted by atomic mass is 79.9. The number of pyridine rings is 1. The van der Waals surface area contributed by atoms with Crippen molar-refractivity contribution in [3.8, 4) is 0 Å². The molecule has 0 aliphatic rings. The van der Waals surface area contributed by atoms with Gasteiger partial charge in [-0.25, -0.2) is 4.98 Å². The molecule has 0 saturated carbocycles.